The molecular weight excluding hydrogens is 277 g/mol. The molecule has 0 spiro atoms. The molecule has 2 rings (SSSR count). The van der Waals surface area contributed by atoms with Gasteiger partial charge in [-0.1, -0.05) is 12.8 Å². The van der Waals surface area contributed by atoms with Gasteiger partial charge in [0, 0.05) is 17.2 Å². The number of aromatic hydroxyl groups is 2. The molecule has 1 aromatic carbocycles. The smallest absolute Gasteiger partial charge is 0.163 e. The van der Waals surface area contributed by atoms with Gasteiger partial charge in [-0.25, -0.2) is 4.39 Å². The summed E-state index contributed by atoms with van der Waals surface area (Å²) in [4.78, 5) is 0. The molecule has 16 heavy (non-hydrogen) atoms. The number of phenols is 2. The van der Waals surface area contributed by atoms with Crippen molar-refractivity contribution >= 4 is 15.9 Å². The molecule has 0 heterocycles. The molecule has 0 unspecified atom stereocenters. The Hall–Kier alpha value is -0.810. The summed E-state index contributed by atoms with van der Waals surface area (Å²) in [7, 11) is 0. The Kier molecular flexibility index (Phi) is 2.84. The van der Waals surface area contributed by atoms with Crippen molar-refractivity contribution in [2.45, 2.75) is 31.2 Å². The molecule has 4 N–H and O–H groups in total. The first-order chi connectivity index (χ1) is 7.46. The van der Waals surface area contributed by atoms with Crippen LogP contribution < -0.4 is 5.73 Å². The van der Waals surface area contributed by atoms with Crippen LogP contribution in [0.1, 0.15) is 31.2 Å². The predicted octanol–water partition coefficient (Wildman–Crippen LogP) is 2.73. The van der Waals surface area contributed by atoms with Gasteiger partial charge in [0.25, 0.3) is 0 Å². The number of phenolic OH excluding ortho intramolecular Hbond substituents is 2. The third-order valence-electron chi connectivity index (χ3n) is 3.17. The van der Waals surface area contributed by atoms with Gasteiger partial charge < -0.3 is 15.9 Å². The first kappa shape index (κ1) is 11.7. The van der Waals surface area contributed by atoms with Crippen molar-refractivity contribution in [3.05, 3.63) is 21.9 Å². The van der Waals surface area contributed by atoms with E-state index in [1.54, 1.807) is 0 Å². The minimum absolute atomic E-state index is 0.146. The summed E-state index contributed by atoms with van der Waals surface area (Å²) in [5.74, 6) is -1.40. The van der Waals surface area contributed by atoms with E-state index in [4.69, 9.17) is 5.73 Å². The van der Waals surface area contributed by atoms with Gasteiger partial charge >= 0.3 is 0 Å². The molecule has 1 saturated carbocycles. The van der Waals surface area contributed by atoms with E-state index < -0.39 is 17.1 Å². The standard InChI is InChI=1S/C11H13BrFNO2/c12-9-6(13)5-7(15)10(16)8(9)11(14)3-1-2-4-11/h5,15-16H,1-4,14H2. The van der Waals surface area contributed by atoms with Gasteiger partial charge in [-0.05, 0) is 28.8 Å². The molecule has 1 fully saturated rings. The Labute approximate surface area is 101 Å². The highest BCUT2D eigenvalue weighted by molar-refractivity contribution is 9.10. The monoisotopic (exact) mass is 289 g/mol. The minimum atomic E-state index is -0.748. The second-order valence-corrected chi connectivity index (χ2v) is 5.07. The molecule has 0 radical (unpaired) electrons. The largest absolute Gasteiger partial charge is 0.504 e. The fourth-order valence-electron chi connectivity index (χ4n) is 2.31. The number of halogens is 2. The van der Waals surface area contributed by atoms with Gasteiger partial charge in [0.15, 0.2) is 11.5 Å². The van der Waals surface area contributed by atoms with Gasteiger partial charge in [-0.15, -0.1) is 0 Å². The van der Waals surface area contributed by atoms with Crippen molar-refractivity contribution in [1.29, 1.82) is 0 Å². The summed E-state index contributed by atoms with van der Waals surface area (Å²) < 4.78 is 13.6. The number of hydrogen-bond acceptors (Lipinski definition) is 3. The zero-order chi connectivity index (χ0) is 11.9. The van der Waals surface area contributed by atoms with Gasteiger partial charge in [0.1, 0.15) is 5.82 Å². The van der Waals surface area contributed by atoms with Crippen molar-refractivity contribution in [2.75, 3.05) is 0 Å². The van der Waals surface area contributed by atoms with Gasteiger partial charge in [-0.3, -0.25) is 0 Å². The zero-order valence-corrected chi connectivity index (χ0v) is 10.2. The van der Waals surface area contributed by atoms with Gasteiger partial charge in [0.2, 0.25) is 0 Å². The second kappa shape index (κ2) is 3.89. The highest BCUT2D eigenvalue weighted by Gasteiger charge is 2.37. The Morgan fingerprint density at radius 2 is 1.88 bits per heavy atom. The topological polar surface area (TPSA) is 66.5 Å². The van der Waals surface area contributed by atoms with E-state index in [9.17, 15) is 14.6 Å². The van der Waals surface area contributed by atoms with E-state index >= 15 is 0 Å². The molecule has 0 atom stereocenters. The average molecular weight is 290 g/mol. The first-order valence-electron chi connectivity index (χ1n) is 5.15. The van der Waals surface area contributed by atoms with E-state index in [2.05, 4.69) is 15.9 Å². The SMILES string of the molecule is NC1(c2c(O)c(O)cc(F)c2Br)CCCC1. The Morgan fingerprint density at radius 3 is 2.44 bits per heavy atom. The maximum Gasteiger partial charge on any atom is 0.163 e. The highest BCUT2D eigenvalue weighted by Crippen LogP contribution is 2.47. The lowest BCUT2D eigenvalue weighted by molar-refractivity contribution is 0.367. The molecule has 5 heteroatoms. The van der Waals surface area contributed by atoms with E-state index in [1.165, 1.54) is 0 Å². The fraction of sp³-hybridized carbons (Fsp3) is 0.455. The number of nitrogens with two attached hydrogens (primary N) is 1. The molecule has 88 valence electrons. The van der Waals surface area contributed by atoms with Crippen LogP contribution in [0, 0.1) is 5.82 Å². The third-order valence-corrected chi connectivity index (χ3v) is 3.94. The summed E-state index contributed by atoms with van der Waals surface area (Å²) in [5, 5.41) is 19.2. The van der Waals surface area contributed by atoms with Crippen molar-refractivity contribution in [1.82, 2.24) is 0 Å². The van der Waals surface area contributed by atoms with Crippen LogP contribution in [0.5, 0.6) is 11.5 Å². The molecule has 1 aliphatic rings. The number of rotatable bonds is 1. The highest BCUT2D eigenvalue weighted by atomic mass is 79.9. The molecule has 0 saturated heterocycles. The molecule has 1 aromatic rings. The van der Waals surface area contributed by atoms with Crippen LogP contribution in [0.3, 0.4) is 0 Å². The van der Waals surface area contributed by atoms with Crippen LogP contribution >= 0.6 is 15.9 Å². The summed E-state index contributed by atoms with van der Waals surface area (Å²) in [6.45, 7) is 0. The normalized spacial score (nSPS) is 18.9. The summed E-state index contributed by atoms with van der Waals surface area (Å²) in [6, 6.07) is 0.876. The van der Waals surface area contributed by atoms with Crippen LogP contribution in [-0.2, 0) is 5.54 Å². The summed E-state index contributed by atoms with van der Waals surface area (Å²) in [5.41, 5.74) is 5.68. The maximum atomic E-state index is 13.5. The number of benzene rings is 1. The fourth-order valence-corrected chi connectivity index (χ4v) is 3.01. The van der Waals surface area contributed by atoms with Crippen LogP contribution in [0.25, 0.3) is 0 Å². The van der Waals surface area contributed by atoms with E-state index in [0.717, 1.165) is 18.9 Å². The van der Waals surface area contributed by atoms with Crippen molar-refractivity contribution < 1.29 is 14.6 Å². The van der Waals surface area contributed by atoms with E-state index in [-0.39, 0.29) is 15.8 Å². The minimum Gasteiger partial charge on any atom is -0.504 e. The molecule has 3 nitrogen and oxygen atoms in total. The molecule has 0 bridgehead atoms. The lowest BCUT2D eigenvalue weighted by Crippen LogP contribution is -2.33. The van der Waals surface area contributed by atoms with Crippen molar-refractivity contribution in [3.8, 4) is 11.5 Å². The summed E-state index contributed by atoms with van der Waals surface area (Å²) in [6.07, 6.45) is 3.25. The quantitative estimate of drug-likeness (QED) is 0.697. The third kappa shape index (κ3) is 1.68. The molecule has 1 aliphatic carbocycles. The molecule has 0 aromatic heterocycles. The lowest BCUT2D eigenvalue weighted by atomic mass is 9.88. The maximum absolute atomic E-state index is 13.5. The first-order valence-corrected chi connectivity index (χ1v) is 5.94. The van der Waals surface area contributed by atoms with Crippen LogP contribution in [0.15, 0.2) is 10.5 Å². The number of hydrogen-bond donors (Lipinski definition) is 3. The Morgan fingerprint density at radius 1 is 1.31 bits per heavy atom. The molecule has 0 amide bonds. The second-order valence-electron chi connectivity index (χ2n) is 4.28. The molecular formula is C11H13BrFNO2. The van der Waals surface area contributed by atoms with Crippen LogP contribution in [0.4, 0.5) is 4.39 Å². The van der Waals surface area contributed by atoms with Gasteiger partial charge in [0.05, 0.1) is 4.47 Å². The lowest BCUT2D eigenvalue weighted by Gasteiger charge is -2.26. The van der Waals surface area contributed by atoms with Crippen molar-refractivity contribution in [3.63, 3.8) is 0 Å². The predicted molar refractivity (Wildman–Crippen MR) is 61.8 cm³/mol. The molecule has 0 aliphatic heterocycles. The Balaban J connectivity index is 2.63. The van der Waals surface area contributed by atoms with Crippen LogP contribution in [-0.4, -0.2) is 10.2 Å². The van der Waals surface area contributed by atoms with E-state index in [0.29, 0.717) is 12.8 Å². The van der Waals surface area contributed by atoms with E-state index in [1.807, 2.05) is 0 Å². The van der Waals surface area contributed by atoms with Crippen LogP contribution in [0.2, 0.25) is 0 Å². The Bertz CT molecular complexity index is 404. The van der Waals surface area contributed by atoms with Crippen molar-refractivity contribution in [2.24, 2.45) is 5.73 Å². The average Bonchev–Trinajstić information content (AvgIpc) is 2.63. The zero-order valence-electron chi connectivity index (χ0n) is 8.63. The van der Waals surface area contributed by atoms with Gasteiger partial charge in [-0.2, -0.15) is 0 Å². The summed E-state index contributed by atoms with van der Waals surface area (Å²) >= 11 is 3.08.